The summed E-state index contributed by atoms with van der Waals surface area (Å²) in [6.45, 7) is 3.72. The van der Waals surface area contributed by atoms with Gasteiger partial charge in [-0.05, 0) is 44.4 Å². The molecule has 0 heterocycles. The third kappa shape index (κ3) is 2.10. The molecule has 2 saturated carbocycles. The molecule has 2 fully saturated rings. The topological polar surface area (TPSA) is 46.5 Å². The van der Waals surface area contributed by atoms with Gasteiger partial charge in [0.15, 0.2) is 0 Å². The van der Waals surface area contributed by atoms with Gasteiger partial charge in [0.05, 0.1) is 6.10 Å². The quantitative estimate of drug-likeness (QED) is 0.698. The first-order chi connectivity index (χ1) is 7.52. The average molecular weight is 226 g/mol. The fourth-order valence-corrected chi connectivity index (χ4v) is 3.54. The van der Waals surface area contributed by atoms with Crippen molar-refractivity contribution in [3.05, 3.63) is 0 Å². The van der Waals surface area contributed by atoms with Crippen molar-refractivity contribution < 1.29 is 14.6 Å². The normalized spacial score (nSPS) is 43.6. The summed E-state index contributed by atoms with van der Waals surface area (Å²) in [5.74, 6) is 0.354. The van der Waals surface area contributed by atoms with Crippen LogP contribution in [0.15, 0.2) is 0 Å². The van der Waals surface area contributed by atoms with Gasteiger partial charge in [-0.15, -0.1) is 0 Å². The Morgan fingerprint density at radius 1 is 1.38 bits per heavy atom. The van der Waals surface area contributed by atoms with Gasteiger partial charge < -0.3 is 9.84 Å². The highest BCUT2D eigenvalue weighted by molar-refractivity contribution is 5.66. The fourth-order valence-electron chi connectivity index (χ4n) is 3.54. The molecule has 0 unspecified atom stereocenters. The summed E-state index contributed by atoms with van der Waals surface area (Å²) in [6, 6.07) is 0. The van der Waals surface area contributed by atoms with Gasteiger partial charge >= 0.3 is 5.97 Å². The molecule has 16 heavy (non-hydrogen) atoms. The third-order valence-electron chi connectivity index (χ3n) is 4.57. The summed E-state index contributed by atoms with van der Waals surface area (Å²) in [7, 11) is 0. The molecule has 0 bridgehead atoms. The Labute approximate surface area is 97.2 Å². The van der Waals surface area contributed by atoms with E-state index in [1.807, 2.05) is 0 Å². The van der Waals surface area contributed by atoms with Crippen LogP contribution in [0.5, 0.6) is 0 Å². The van der Waals surface area contributed by atoms with Crippen LogP contribution in [0.3, 0.4) is 0 Å². The Bertz CT molecular complexity index is 276. The van der Waals surface area contributed by atoms with E-state index in [0.717, 1.165) is 32.1 Å². The number of aliphatic hydroxyl groups is 1. The standard InChI is InChI=1S/C13H22O3/c1-9(14)16-12-5-3-4-10-8-11(15)6-7-13(10,12)2/h10-12,15H,3-8H2,1-2H3/t10-,11-,12-,13-/m0/s1. The second-order valence-electron chi connectivity index (χ2n) is 5.66. The number of fused-ring (bicyclic) bond motifs is 1. The Morgan fingerprint density at radius 3 is 2.81 bits per heavy atom. The molecule has 0 saturated heterocycles. The molecule has 2 aliphatic rings. The van der Waals surface area contributed by atoms with Crippen LogP contribution in [0.4, 0.5) is 0 Å². The van der Waals surface area contributed by atoms with Crippen molar-refractivity contribution in [3.8, 4) is 0 Å². The number of esters is 1. The maximum Gasteiger partial charge on any atom is 0.302 e. The van der Waals surface area contributed by atoms with E-state index in [2.05, 4.69) is 6.92 Å². The minimum absolute atomic E-state index is 0.0660. The first-order valence-corrected chi connectivity index (χ1v) is 6.37. The van der Waals surface area contributed by atoms with Crippen molar-refractivity contribution in [2.75, 3.05) is 0 Å². The summed E-state index contributed by atoms with van der Waals surface area (Å²) in [4.78, 5) is 11.1. The van der Waals surface area contributed by atoms with E-state index in [9.17, 15) is 9.90 Å². The third-order valence-corrected chi connectivity index (χ3v) is 4.57. The van der Waals surface area contributed by atoms with Gasteiger partial charge in [-0.2, -0.15) is 0 Å². The SMILES string of the molecule is CC(=O)O[C@H]1CCC[C@H]2C[C@@H](O)CC[C@@]21C. The molecule has 0 aromatic heterocycles. The average Bonchev–Trinajstić information content (AvgIpc) is 2.20. The first-order valence-electron chi connectivity index (χ1n) is 6.37. The van der Waals surface area contributed by atoms with Crippen LogP contribution in [0, 0.1) is 11.3 Å². The number of ether oxygens (including phenoxy) is 1. The van der Waals surface area contributed by atoms with Crippen molar-refractivity contribution in [1.82, 2.24) is 0 Å². The molecule has 0 aliphatic heterocycles. The van der Waals surface area contributed by atoms with Crippen LogP contribution < -0.4 is 0 Å². The van der Waals surface area contributed by atoms with E-state index in [1.165, 1.54) is 13.3 Å². The van der Waals surface area contributed by atoms with E-state index in [1.54, 1.807) is 0 Å². The van der Waals surface area contributed by atoms with Crippen molar-refractivity contribution in [1.29, 1.82) is 0 Å². The molecule has 4 atom stereocenters. The number of hydrogen-bond donors (Lipinski definition) is 1. The maximum absolute atomic E-state index is 11.1. The van der Waals surface area contributed by atoms with Gasteiger partial charge in [0.2, 0.25) is 0 Å². The van der Waals surface area contributed by atoms with Crippen LogP contribution in [-0.4, -0.2) is 23.3 Å². The largest absolute Gasteiger partial charge is 0.462 e. The van der Waals surface area contributed by atoms with Crippen molar-refractivity contribution in [2.45, 2.75) is 64.6 Å². The lowest BCUT2D eigenvalue weighted by atomic mass is 9.58. The molecule has 0 spiro atoms. The van der Waals surface area contributed by atoms with Crippen LogP contribution in [0.2, 0.25) is 0 Å². The molecule has 0 amide bonds. The van der Waals surface area contributed by atoms with Crippen LogP contribution in [0.25, 0.3) is 0 Å². The van der Waals surface area contributed by atoms with Crippen LogP contribution in [-0.2, 0) is 9.53 Å². The first kappa shape index (κ1) is 11.9. The number of hydrogen-bond acceptors (Lipinski definition) is 3. The summed E-state index contributed by atoms with van der Waals surface area (Å²) in [5, 5.41) is 9.72. The zero-order valence-electron chi connectivity index (χ0n) is 10.2. The van der Waals surface area contributed by atoms with E-state index in [-0.39, 0.29) is 23.6 Å². The van der Waals surface area contributed by atoms with Gasteiger partial charge in [-0.3, -0.25) is 4.79 Å². The molecule has 2 rings (SSSR count). The van der Waals surface area contributed by atoms with E-state index in [0.29, 0.717) is 5.92 Å². The van der Waals surface area contributed by atoms with E-state index >= 15 is 0 Å². The van der Waals surface area contributed by atoms with Crippen molar-refractivity contribution >= 4 is 5.97 Å². The summed E-state index contributed by atoms with van der Waals surface area (Å²) in [5.41, 5.74) is 0.100. The summed E-state index contributed by atoms with van der Waals surface area (Å²) >= 11 is 0. The second-order valence-corrected chi connectivity index (χ2v) is 5.66. The smallest absolute Gasteiger partial charge is 0.302 e. The minimum Gasteiger partial charge on any atom is -0.462 e. The Kier molecular flexibility index (Phi) is 3.24. The lowest BCUT2D eigenvalue weighted by molar-refractivity contribution is -0.166. The highest BCUT2D eigenvalue weighted by Crippen LogP contribution is 2.51. The minimum atomic E-state index is -0.169. The van der Waals surface area contributed by atoms with Gasteiger partial charge in [0.25, 0.3) is 0 Å². The number of carbonyl (C=O) groups is 1. The molecular weight excluding hydrogens is 204 g/mol. The van der Waals surface area contributed by atoms with Crippen LogP contribution in [0.1, 0.15) is 52.4 Å². The monoisotopic (exact) mass is 226 g/mol. The van der Waals surface area contributed by atoms with Crippen molar-refractivity contribution in [3.63, 3.8) is 0 Å². The second kappa shape index (κ2) is 4.36. The highest BCUT2D eigenvalue weighted by Gasteiger charge is 2.48. The van der Waals surface area contributed by atoms with Gasteiger partial charge in [0.1, 0.15) is 6.10 Å². The molecule has 0 aromatic carbocycles. The van der Waals surface area contributed by atoms with Gasteiger partial charge in [-0.1, -0.05) is 6.92 Å². The van der Waals surface area contributed by atoms with E-state index < -0.39 is 0 Å². The fraction of sp³-hybridized carbons (Fsp3) is 0.923. The molecular formula is C13H22O3. The summed E-state index contributed by atoms with van der Waals surface area (Å²) in [6.07, 6.45) is 5.92. The molecule has 3 heteroatoms. The lowest BCUT2D eigenvalue weighted by Crippen LogP contribution is -2.48. The van der Waals surface area contributed by atoms with Crippen LogP contribution >= 0.6 is 0 Å². The predicted molar refractivity (Wildman–Crippen MR) is 60.9 cm³/mol. The van der Waals surface area contributed by atoms with Gasteiger partial charge in [0, 0.05) is 12.3 Å². The van der Waals surface area contributed by atoms with E-state index in [4.69, 9.17) is 4.74 Å². The Morgan fingerprint density at radius 2 is 2.12 bits per heavy atom. The molecule has 2 aliphatic carbocycles. The lowest BCUT2D eigenvalue weighted by Gasteiger charge is -2.50. The summed E-state index contributed by atoms with van der Waals surface area (Å²) < 4.78 is 5.48. The predicted octanol–water partition coefficient (Wildman–Crippen LogP) is 2.27. The molecule has 3 nitrogen and oxygen atoms in total. The van der Waals surface area contributed by atoms with Gasteiger partial charge in [-0.25, -0.2) is 0 Å². The molecule has 0 radical (unpaired) electrons. The number of carbonyl (C=O) groups excluding carboxylic acids is 1. The van der Waals surface area contributed by atoms with Crippen molar-refractivity contribution in [2.24, 2.45) is 11.3 Å². The molecule has 1 N–H and O–H groups in total. The zero-order chi connectivity index (χ0) is 11.8. The Balaban J connectivity index is 2.12. The maximum atomic E-state index is 11.1. The number of aliphatic hydroxyl groups excluding tert-OH is 1. The number of rotatable bonds is 1. The highest BCUT2D eigenvalue weighted by atomic mass is 16.5. The Hall–Kier alpha value is -0.570. The molecule has 0 aromatic rings. The zero-order valence-corrected chi connectivity index (χ0v) is 10.2. The molecule has 92 valence electrons.